The molecule has 1 N–H and O–H groups in total. The van der Waals surface area contributed by atoms with E-state index in [-0.39, 0.29) is 22.6 Å². The summed E-state index contributed by atoms with van der Waals surface area (Å²) >= 11 is 0. The second-order valence-electron chi connectivity index (χ2n) is 6.13. The van der Waals surface area contributed by atoms with Gasteiger partial charge in [-0.25, -0.2) is 0 Å². The number of nitrogens with one attached hydrogen (secondary N) is 1. The topological polar surface area (TPSA) is 75.5 Å². The number of anilines is 1. The van der Waals surface area contributed by atoms with Crippen molar-refractivity contribution in [2.75, 3.05) is 25.0 Å². The summed E-state index contributed by atoms with van der Waals surface area (Å²) in [6, 6.07) is 4.85. The largest absolute Gasteiger partial charge is 0.380 e. The highest BCUT2D eigenvalue weighted by atomic mass is 16.6. The maximum Gasteiger partial charge on any atom is 0.305 e. The minimum Gasteiger partial charge on any atom is -0.380 e. The summed E-state index contributed by atoms with van der Waals surface area (Å²) in [6.07, 6.45) is 0.916. The molecular weight excluding hydrogens is 270 g/mol. The molecule has 1 aromatic rings. The van der Waals surface area contributed by atoms with Crippen molar-refractivity contribution in [1.29, 1.82) is 0 Å². The molecule has 0 saturated carbocycles. The smallest absolute Gasteiger partial charge is 0.305 e. The molecule has 1 saturated heterocycles. The summed E-state index contributed by atoms with van der Waals surface area (Å²) in [5, 5.41) is 14.3. The van der Waals surface area contributed by atoms with Crippen molar-refractivity contribution in [3.8, 4) is 0 Å². The molecule has 1 aromatic carbocycles. The summed E-state index contributed by atoms with van der Waals surface area (Å²) in [4.78, 5) is 25.2. The Balaban J connectivity index is 2.37. The van der Waals surface area contributed by atoms with Crippen LogP contribution < -0.4 is 5.32 Å². The molecule has 0 aromatic heterocycles. The van der Waals surface area contributed by atoms with E-state index in [0.29, 0.717) is 25.3 Å². The van der Waals surface area contributed by atoms with Crippen LogP contribution in [0, 0.1) is 15.5 Å². The van der Waals surface area contributed by atoms with Gasteiger partial charge in [0.2, 0.25) is 0 Å². The highest BCUT2D eigenvalue weighted by Gasteiger charge is 2.35. The first-order chi connectivity index (χ1) is 9.85. The van der Waals surface area contributed by atoms with Gasteiger partial charge in [-0.2, -0.15) is 0 Å². The molecule has 0 bridgehead atoms. The Morgan fingerprint density at radius 3 is 2.71 bits per heavy atom. The Kier molecular flexibility index (Phi) is 4.16. The zero-order valence-electron chi connectivity index (χ0n) is 12.7. The number of hydrogen-bond acceptors (Lipinski definition) is 4. The third-order valence-electron chi connectivity index (χ3n) is 3.78. The highest BCUT2D eigenvalue weighted by molar-refractivity contribution is 6.00. The monoisotopic (exact) mass is 291 g/mol. The Bertz CT molecular complexity index is 569. The molecular formula is C15H21N3O3. The molecule has 0 unspecified atom stereocenters. The van der Waals surface area contributed by atoms with Gasteiger partial charge in [0.05, 0.1) is 4.92 Å². The van der Waals surface area contributed by atoms with Crippen LogP contribution in [-0.2, 0) is 0 Å². The van der Waals surface area contributed by atoms with Gasteiger partial charge >= 0.3 is 5.69 Å². The maximum atomic E-state index is 12.6. The van der Waals surface area contributed by atoms with Crippen LogP contribution in [0.1, 0.15) is 37.6 Å². The highest BCUT2D eigenvalue weighted by Crippen LogP contribution is 2.33. The van der Waals surface area contributed by atoms with Crippen LogP contribution in [0.4, 0.5) is 11.4 Å². The quantitative estimate of drug-likeness (QED) is 0.683. The predicted molar refractivity (Wildman–Crippen MR) is 81.6 cm³/mol. The first-order valence-corrected chi connectivity index (χ1v) is 7.16. The Morgan fingerprint density at radius 1 is 1.48 bits per heavy atom. The van der Waals surface area contributed by atoms with E-state index in [4.69, 9.17) is 0 Å². The van der Waals surface area contributed by atoms with Gasteiger partial charge < -0.3 is 10.2 Å². The van der Waals surface area contributed by atoms with E-state index >= 15 is 0 Å². The molecule has 1 amide bonds. The third kappa shape index (κ3) is 3.15. The second kappa shape index (κ2) is 5.71. The lowest BCUT2D eigenvalue weighted by Crippen LogP contribution is -2.30. The van der Waals surface area contributed by atoms with Crippen LogP contribution in [0.2, 0.25) is 0 Å². The lowest BCUT2D eigenvalue weighted by atomic mass is 9.93. The fraction of sp³-hybridized carbons (Fsp3) is 0.533. The predicted octanol–water partition coefficient (Wildman–Crippen LogP) is 2.90. The van der Waals surface area contributed by atoms with Crippen LogP contribution in [0.15, 0.2) is 18.2 Å². The number of likely N-dealkylation sites (tertiary alicyclic amines) is 1. The third-order valence-corrected chi connectivity index (χ3v) is 3.78. The van der Waals surface area contributed by atoms with Gasteiger partial charge in [0.25, 0.3) is 5.91 Å². The van der Waals surface area contributed by atoms with Gasteiger partial charge in [-0.1, -0.05) is 19.9 Å². The molecule has 1 aliphatic heterocycles. The maximum absolute atomic E-state index is 12.6. The zero-order valence-corrected chi connectivity index (χ0v) is 12.7. The molecule has 6 heteroatoms. The standard InChI is InChI=1S/C15H21N3O3/c1-4-16-12-7-5-6-11(13(12)18(20)21)14(19)17-9-8-15(2,3)10-17/h5-7,16H,4,8-10H2,1-3H3. The Morgan fingerprint density at radius 2 is 2.19 bits per heavy atom. The summed E-state index contributed by atoms with van der Waals surface area (Å²) in [6.45, 7) is 7.91. The average Bonchev–Trinajstić information content (AvgIpc) is 2.78. The molecule has 1 heterocycles. The molecule has 0 radical (unpaired) electrons. The number of amides is 1. The van der Waals surface area contributed by atoms with E-state index in [1.54, 1.807) is 17.0 Å². The number of nitrogens with zero attached hydrogens (tertiary/aromatic N) is 2. The lowest BCUT2D eigenvalue weighted by Gasteiger charge is -2.20. The van der Waals surface area contributed by atoms with E-state index < -0.39 is 4.92 Å². The van der Waals surface area contributed by atoms with Crippen molar-refractivity contribution in [2.24, 2.45) is 5.41 Å². The van der Waals surface area contributed by atoms with Crippen LogP contribution in [-0.4, -0.2) is 35.4 Å². The van der Waals surface area contributed by atoms with Crippen LogP contribution in [0.25, 0.3) is 0 Å². The van der Waals surface area contributed by atoms with Gasteiger partial charge in [-0.15, -0.1) is 0 Å². The summed E-state index contributed by atoms with van der Waals surface area (Å²) < 4.78 is 0. The zero-order chi connectivity index (χ0) is 15.6. The first-order valence-electron chi connectivity index (χ1n) is 7.16. The first kappa shape index (κ1) is 15.3. The van der Waals surface area contributed by atoms with E-state index in [0.717, 1.165) is 6.42 Å². The molecule has 1 fully saturated rings. The van der Waals surface area contributed by atoms with Crippen molar-refractivity contribution in [3.05, 3.63) is 33.9 Å². The summed E-state index contributed by atoms with van der Waals surface area (Å²) in [5.74, 6) is -0.257. The van der Waals surface area contributed by atoms with Crippen molar-refractivity contribution in [2.45, 2.75) is 27.2 Å². The van der Waals surface area contributed by atoms with Crippen LogP contribution in [0.3, 0.4) is 0 Å². The summed E-state index contributed by atoms with van der Waals surface area (Å²) in [5.41, 5.74) is 0.501. The van der Waals surface area contributed by atoms with E-state index in [1.807, 2.05) is 6.92 Å². The number of carbonyl (C=O) groups is 1. The Labute approximate surface area is 124 Å². The fourth-order valence-electron chi connectivity index (χ4n) is 2.70. The molecule has 0 atom stereocenters. The summed E-state index contributed by atoms with van der Waals surface area (Å²) in [7, 11) is 0. The fourth-order valence-corrected chi connectivity index (χ4v) is 2.70. The average molecular weight is 291 g/mol. The second-order valence-corrected chi connectivity index (χ2v) is 6.13. The normalized spacial score (nSPS) is 16.8. The van der Waals surface area contributed by atoms with Gasteiger partial charge in [-0.05, 0) is 30.9 Å². The molecule has 1 aliphatic rings. The molecule has 2 rings (SSSR count). The van der Waals surface area contributed by atoms with Crippen LogP contribution >= 0.6 is 0 Å². The SMILES string of the molecule is CCNc1cccc(C(=O)N2CCC(C)(C)C2)c1[N+](=O)[O-]. The van der Waals surface area contributed by atoms with E-state index in [2.05, 4.69) is 19.2 Å². The van der Waals surface area contributed by atoms with Gasteiger partial charge in [0.1, 0.15) is 11.3 Å². The van der Waals surface area contributed by atoms with Gasteiger partial charge in [-0.3, -0.25) is 14.9 Å². The Hall–Kier alpha value is -2.11. The molecule has 21 heavy (non-hydrogen) atoms. The minimum atomic E-state index is -0.480. The van der Waals surface area contributed by atoms with Crippen molar-refractivity contribution in [3.63, 3.8) is 0 Å². The van der Waals surface area contributed by atoms with Crippen molar-refractivity contribution in [1.82, 2.24) is 4.90 Å². The number of nitro benzene ring substituents is 1. The number of carbonyl (C=O) groups excluding carboxylic acids is 1. The number of benzene rings is 1. The number of nitro groups is 1. The number of para-hydroxylation sites is 1. The van der Waals surface area contributed by atoms with Crippen LogP contribution in [0.5, 0.6) is 0 Å². The van der Waals surface area contributed by atoms with Gasteiger partial charge in [0.15, 0.2) is 0 Å². The molecule has 114 valence electrons. The van der Waals surface area contributed by atoms with E-state index in [9.17, 15) is 14.9 Å². The van der Waals surface area contributed by atoms with E-state index in [1.165, 1.54) is 6.07 Å². The number of hydrogen-bond donors (Lipinski definition) is 1. The molecule has 0 spiro atoms. The molecule has 6 nitrogen and oxygen atoms in total. The lowest BCUT2D eigenvalue weighted by molar-refractivity contribution is -0.384. The van der Waals surface area contributed by atoms with Crippen molar-refractivity contribution < 1.29 is 9.72 Å². The minimum absolute atomic E-state index is 0.0731. The number of rotatable bonds is 4. The van der Waals surface area contributed by atoms with Crippen molar-refractivity contribution >= 4 is 17.3 Å². The van der Waals surface area contributed by atoms with Gasteiger partial charge in [0, 0.05) is 19.6 Å². The molecule has 0 aliphatic carbocycles.